The zero-order valence-electron chi connectivity index (χ0n) is 16.7. The number of carbonyl (C=O) groups excluding carboxylic acids is 1. The van der Waals surface area contributed by atoms with Crippen molar-refractivity contribution in [1.29, 1.82) is 0 Å². The first-order valence-electron chi connectivity index (χ1n) is 9.82. The Morgan fingerprint density at radius 3 is 2.61 bits per heavy atom. The molecule has 1 saturated heterocycles. The molecule has 0 bridgehead atoms. The van der Waals surface area contributed by atoms with E-state index in [0.29, 0.717) is 30.0 Å². The first-order valence-corrected chi connectivity index (χ1v) is 11.6. The zero-order valence-corrected chi connectivity index (χ0v) is 18.3. The number of carbonyl (C=O) groups is 1. The fourth-order valence-electron chi connectivity index (χ4n) is 4.32. The van der Waals surface area contributed by atoms with E-state index in [0.717, 1.165) is 25.7 Å². The van der Waals surface area contributed by atoms with Crippen molar-refractivity contribution in [2.24, 2.45) is 0 Å². The summed E-state index contributed by atoms with van der Waals surface area (Å²) in [6, 6.07) is 4.92. The molecule has 1 aliphatic carbocycles. The van der Waals surface area contributed by atoms with Gasteiger partial charge in [-0.05, 0) is 70.1 Å². The van der Waals surface area contributed by atoms with Crippen molar-refractivity contribution in [3.63, 3.8) is 0 Å². The number of rotatable bonds is 5. The molecule has 2 aliphatic rings. The third-order valence-corrected chi connectivity index (χ3v) is 8.77. The summed E-state index contributed by atoms with van der Waals surface area (Å²) in [5.74, 6) is -0.214. The highest BCUT2D eigenvalue weighted by Gasteiger charge is 2.50. The normalized spacial score (nSPS) is 29.0. The predicted octanol–water partition coefficient (Wildman–Crippen LogP) is 3.27. The van der Waals surface area contributed by atoms with Crippen LogP contribution >= 0.6 is 11.6 Å². The maximum absolute atomic E-state index is 13.4. The zero-order chi connectivity index (χ0) is 20.5. The molecule has 28 heavy (non-hydrogen) atoms. The first-order chi connectivity index (χ1) is 13.2. The number of halogens is 1. The molecule has 1 aliphatic heterocycles. The van der Waals surface area contributed by atoms with Crippen LogP contribution in [0.3, 0.4) is 0 Å². The van der Waals surface area contributed by atoms with E-state index in [1.54, 1.807) is 39.2 Å². The number of ether oxygens (including phenoxy) is 1. The fraction of sp³-hybridized carbons (Fsp3) is 0.650. The molecule has 1 N–H and O–H groups in total. The molecule has 156 valence electrons. The van der Waals surface area contributed by atoms with E-state index in [1.165, 1.54) is 4.31 Å². The van der Waals surface area contributed by atoms with Crippen molar-refractivity contribution >= 4 is 27.5 Å². The van der Waals surface area contributed by atoms with Crippen molar-refractivity contribution < 1.29 is 17.9 Å². The van der Waals surface area contributed by atoms with Gasteiger partial charge in [-0.15, -0.1) is 0 Å². The van der Waals surface area contributed by atoms with Crippen molar-refractivity contribution in [3.8, 4) is 0 Å². The molecule has 2 fully saturated rings. The van der Waals surface area contributed by atoms with Gasteiger partial charge in [0, 0.05) is 24.7 Å². The Hall–Kier alpha value is -1.15. The summed E-state index contributed by atoms with van der Waals surface area (Å²) < 4.78 is 33.5. The van der Waals surface area contributed by atoms with Gasteiger partial charge in [0.2, 0.25) is 15.9 Å². The maximum Gasteiger partial charge on any atom is 0.244 e. The number of nitrogens with zero attached hydrogens (tertiary/aromatic N) is 1. The van der Waals surface area contributed by atoms with Crippen molar-refractivity contribution in [1.82, 2.24) is 9.62 Å². The minimum atomic E-state index is -3.83. The lowest BCUT2D eigenvalue weighted by atomic mass is 9.91. The van der Waals surface area contributed by atoms with E-state index in [2.05, 4.69) is 5.32 Å². The van der Waals surface area contributed by atoms with Crippen LogP contribution in [0.4, 0.5) is 0 Å². The molecule has 1 atom stereocenters. The van der Waals surface area contributed by atoms with Crippen LogP contribution in [-0.2, 0) is 19.6 Å². The van der Waals surface area contributed by atoms with Gasteiger partial charge in [-0.2, -0.15) is 4.31 Å². The van der Waals surface area contributed by atoms with Gasteiger partial charge in [-0.25, -0.2) is 8.42 Å². The van der Waals surface area contributed by atoms with Crippen molar-refractivity contribution in [3.05, 3.63) is 28.8 Å². The summed E-state index contributed by atoms with van der Waals surface area (Å²) in [6.45, 7) is 3.75. The molecule has 0 radical (unpaired) electrons. The Morgan fingerprint density at radius 1 is 1.29 bits per heavy atom. The lowest BCUT2D eigenvalue weighted by Crippen LogP contribution is -2.57. The largest absolute Gasteiger partial charge is 0.381 e. The van der Waals surface area contributed by atoms with E-state index in [1.807, 2.05) is 0 Å². The Labute approximate surface area is 172 Å². The highest BCUT2D eigenvalue weighted by molar-refractivity contribution is 7.89. The average molecular weight is 429 g/mol. The highest BCUT2D eigenvalue weighted by Crippen LogP contribution is 2.37. The van der Waals surface area contributed by atoms with Crippen LogP contribution in [0.1, 0.15) is 51.0 Å². The van der Waals surface area contributed by atoms with Crippen LogP contribution < -0.4 is 5.32 Å². The summed E-state index contributed by atoms with van der Waals surface area (Å²) in [5.41, 5.74) is -0.581. The van der Waals surface area contributed by atoms with Gasteiger partial charge in [-0.1, -0.05) is 17.7 Å². The van der Waals surface area contributed by atoms with Gasteiger partial charge in [-0.3, -0.25) is 4.79 Å². The standard InChI is InChI=1S/C20H29ClN2O4S/c1-14-17(21)6-4-7-18(14)28(25,26)23-13-5-12-20(23,2)19(24)22-15-8-10-16(27-3)11-9-15/h4,6-7,15-16H,5,8-13H2,1-3H3,(H,22,24)/t15?,16?,20-/m0/s1. The van der Waals surface area contributed by atoms with Gasteiger partial charge in [0.1, 0.15) is 5.54 Å². The van der Waals surface area contributed by atoms with Crippen molar-refractivity contribution in [2.75, 3.05) is 13.7 Å². The molecule has 1 aromatic carbocycles. The second-order valence-corrected chi connectivity index (χ2v) is 10.2. The number of amides is 1. The molecular weight excluding hydrogens is 400 g/mol. The highest BCUT2D eigenvalue weighted by atomic mass is 35.5. The van der Waals surface area contributed by atoms with E-state index in [4.69, 9.17) is 16.3 Å². The van der Waals surface area contributed by atoms with Crippen LogP contribution in [-0.4, -0.2) is 50.0 Å². The average Bonchev–Trinajstić information content (AvgIpc) is 3.08. The summed E-state index contributed by atoms with van der Waals surface area (Å²) in [6.07, 6.45) is 4.91. The topological polar surface area (TPSA) is 75.7 Å². The van der Waals surface area contributed by atoms with E-state index in [-0.39, 0.29) is 22.9 Å². The molecule has 1 saturated carbocycles. The minimum Gasteiger partial charge on any atom is -0.381 e. The monoisotopic (exact) mass is 428 g/mol. The molecule has 1 heterocycles. The van der Waals surface area contributed by atoms with Gasteiger partial charge in [0.25, 0.3) is 0 Å². The lowest BCUT2D eigenvalue weighted by Gasteiger charge is -2.36. The molecule has 0 unspecified atom stereocenters. The summed E-state index contributed by atoms with van der Waals surface area (Å²) in [7, 11) is -2.12. The first kappa shape index (κ1) is 21.6. The van der Waals surface area contributed by atoms with Crippen molar-refractivity contribution in [2.45, 2.75) is 75.0 Å². The second-order valence-electron chi connectivity index (χ2n) is 8.00. The third-order valence-electron chi connectivity index (χ3n) is 6.19. The molecule has 8 heteroatoms. The Balaban J connectivity index is 1.80. The Kier molecular flexibility index (Phi) is 6.39. The maximum atomic E-state index is 13.4. The molecule has 1 amide bonds. The van der Waals surface area contributed by atoms with E-state index < -0.39 is 15.6 Å². The number of hydrogen-bond donors (Lipinski definition) is 1. The smallest absolute Gasteiger partial charge is 0.244 e. The summed E-state index contributed by atoms with van der Waals surface area (Å²) >= 11 is 6.14. The summed E-state index contributed by atoms with van der Waals surface area (Å²) in [5, 5.41) is 3.50. The molecule has 6 nitrogen and oxygen atoms in total. The Bertz CT molecular complexity index is 837. The third kappa shape index (κ3) is 3.95. The number of methoxy groups -OCH3 is 1. The molecule has 0 aromatic heterocycles. The van der Waals surface area contributed by atoms with Crippen LogP contribution in [0.5, 0.6) is 0 Å². The van der Waals surface area contributed by atoms with Crippen LogP contribution in [0, 0.1) is 6.92 Å². The minimum absolute atomic E-state index is 0.0637. The quantitative estimate of drug-likeness (QED) is 0.780. The number of sulfonamides is 1. The van der Waals surface area contributed by atoms with Gasteiger partial charge in [0.05, 0.1) is 11.0 Å². The second kappa shape index (κ2) is 8.30. The summed E-state index contributed by atoms with van der Waals surface area (Å²) in [4.78, 5) is 13.3. The molecular formula is C20H29ClN2O4S. The SMILES string of the molecule is COC1CCC(NC(=O)[C@]2(C)CCCN2S(=O)(=O)c2cccc(Cl)c2C)CC1. The lowest BCUT2D eigenvalue weighted by molar-refractivity contribution is -0.130. The van der Waals surface area contributed by atoms with Crippen LogP contribution in [0.2, 0.25) is 5.02 Å². The van der Waals surface area contributed by atoms with Gasteiger partial charge in [0.15, 0.2) is 0 Å². The fourth-order valence-corrected chi connectivity index (χ4v) is 6.61. The van der Waals surface area contributed by atoms with Crippen LogP contribution in [0.25, 0.3) is 0 Å². The Morgan fingerprint density at radius 2 is 1.96 bits per heavy atom. The van der Waals surface area contributed by atoms with Gasteiger partial charge >= 0.3 is 0 Å². The molecule has 3 rings (SSSR count). The van der Waals surface area contributed by atoms with E-state index in [9.17, 15) is 13.2 Å². The molecule has 0 spiro atoms. The number of hydrogen-bond acceptors (Lipinski definition) is 4. The predicted molar refractivity (Wildman–Crippen MR) is 109 cm³/mol. The van der Waals surface area contributed by atoms with E-state index >= 15 is 0 Å². The number of benzene rings is 1. The van der Waals surface area contributed by atoms with Crippen LogP contribution in [0.15, 0.2) is 23.1 Å². The number of nitrogens with one attached hydrogen (secondary N) is 1. The van der Waals surface area contributed by atoms with Gasteiger partial charge < -0.3 is 10.1 Å². The molecule has 1 aromatic rings.